The molecule has 0 aliphatic heterocycles. The summed E-state index contributed by atoms with van der Waals surface area (Å²) in [6.07, 6.45) is 1.63. The first kappa shape index (κ1) is 19.1. The third-order valence-electron chi connectivity index (χ3n) is 4.31. The lowest BCUT2D eigenvalue weighted by Gasteiger charge is -2.11. The maximum absolute atomic E-state index is 12.8. The summed E-state index contributed by atoms with van der Waals surface area (Å²) in [6, 6.07) is 17.2. The Labute approximate surface area is 162 Å². The first-order valence-corrected chi connectivity index (χ1v) is 8.73. The summed E-state index contributed by atoms with van der Waals surface area (Å²) in [5, 5.41) is 2.67. The van der Waals surface area contributed by atoms with Crippen molar-refractivity contribution in [2.24, 2.45) is 0 Å². The number of carbonyl (C=O) groups is 2. The molecule has 0 unspecified atom stereocenters. The molecule has 142 valence electrons. The van der Waals surface area contributed by atoms with Crippen LogP contribution < -0.4 is 15.6 Å². The quantitative estimate of drug-likeness (QED) is 0.669. The van der Waals surface area contributed by atoms with Crippen LogP contribution in [0.5, 0.6) is 5.75 Å². The monoisotopic (exact) mass is 376 g/mol. The van der Waals surface area contributed by atoms with Crippen LogP contribution in [0.3, 0.4) is 0 Å². The fourth-order valence-corrected chi connectivity index (χ4v) is 2.89. The van der Waals surface area contributed by atoms with Crippen LogP contribution in [0.25, 0.3) is 0 Å². The Morgan fingerprint density at radius 3 is 2.50 bits per heavy atom. The number of benzene rings is 2. The summed E-state index contributed by atoms with van der Waals surface area (Å²) < 4.78 is 6.66. The summed E-state index contributed by atoms with van der Waals surface area (Å²) in [5.74, 6) is -0.0293. The zero-order chi connectivity index (χ0) is 20.1. The maximum atomic E-state index is 12.8. The minimum atomic E-state index is -0.557. The number of carbonyl (C=O) groups excluding carboxylic acids is 2. The molecule has 0 bridgehead atoms. The van der Waals surface area contributed by atoms with Crippen LogP contribution in [0.2, 0.25) is 0 Å². The average molecular weight is 376 g/mol. The van der Waals surface area contributed by atoms with Crippen molar-refractivity contribution in [1.29, 1.82) is 0 Å². The predicted octanol–water partition coefficient (Wildman–Crippen LogP) is 3.36. The van der Waals surface area contributed by atoms with E-state index in [0.717, 1.165) is 5.56 Å². The van der Waals surface area contributed by atoms with Gasteiger partial charge in [0.2, 0.25) is 0 Å². The Morgan fingerprint density at radius 2 is 1.75 bits per heavy atom. The second kappa shape index (κ2) is 8.35. The third kappa shape index (κ3) is 4.17. The molecule has 0 aliphatic carbocycles. The van der Waals surface area contributed by atoms with Gasteiger partial charge in [-0.25, -0.2) is 0 Å². The fourth-order valence-electron chi connectivity index (χ4n) is 2.89. The van der Waals surface area contributed by atoms with E-state index < -0.39 is 11.5 Å². The highest BCUT2D eigenvalue weighted by molar-refractivity contribution is 6.08. The fraction of sp³-hybridized carbons (Fsp3) is 0.136. The number of aromatic nitrogens is 1. The van der Waals surface area contributed by atoms with E-state index in [0.29, 0.717) is 23.5 Å². The molecule has 0 spiro atoms. The van der Waals surface area contributed by atoms with E-state index in [4.69, 9.17) is 4.74 Å². The zero-order valence-electron chi connectivity index (χ0n) is 15.6. The van der Waals surface area contributed by atoms with Crippen LogP contribution in [0.4, 0.5) is 5.69 Å². The summed E-state index contributed by atoms with van der Waals surface area (Å²) in [4.78, 5) is 37.2. The highest BCUT2D eigenvalue weighted by Gasteiger charge is 2.15. The molecule has 1 amide bonds. The van der Waals surface area contributed by atoms with Gasteiger partial charge in [0.25, 0.3) is 11.5 Å². The van der Waals surface area contributed by atoms with Crippen LogP contribution in [0, 0.1) is 0 Å². The van der Waals surface area contributed by atoms with Gasteiger partial charge in [-0.3, -0.25) is 14.4 Å². The highest BCUT2D eigenvalue weighted by atomic mass is 16.5. The molecule has 0 aliphatic rings. The number of Topliss-reactive ketones (excluding diaryl/α,β-unsaturated/α-hetero) is 1. The van der Waals surface area contributed by atoms with Crippen molar-refractivity contribution in [2.45, 2.75) is 13.5 Å². The van der Waals surface area contributed by atoms with Gasteiger partial charge >= 0.3 is 0 Å². The number of methoxy groups -OCH3 is 1. The summed E-state index contributed by atoms with van der Waals surface area (Å²) >= 11 is 0. The van der Waals surface area contributed by atoms with Gasteiger partial charge in [0.1, 0.15) is 11.3 Å². The zero-order valence-corrected chi connectivity index (χ0v) is 15.6. The molecule has 3 aromatic rings. The summed E-state index contributed by atoms with van der Waals surface area (Å²) in [6.45, 7) is 1.73. The number of amides is 1. The van der Waals surface area contributed by atoms with Crippen molar-refractivity contribution in [3.8, 4) is 5.75 Å². The molecule has 0 saturated heterocycles. The Kier molecular flexibility index (Phi) is 5.69. The molecule has 1 N–H and O–H groups in total. The van der Waals surface area contributed by atoms with Gasteiger partial charge in [-0.2, -0.15) is 0 Å². The molecule has 3 rings (SSSR count). The Hall–Kier alpha value is -3.67. The number of rotatable bonds is 6. The molecule has 0 saturated carbocycles. The largest absolute Gasteiger partial charge is 0.497 e. The lowest BCUT2D eigenvalue weighted by molar-refractivity contribution is 0.101. The maximum Gasteiger partial charge on any atom is 0.263 e. The first-order valence-electron chi connectivity index (χ1n) is 8.73. The second-order valence-corrected chi connectivity index (χ2v) is 6.26. The van der Waals surface area contributed by atoms with Crippen molar-refractivity contribution in [3.63, 3.8) is 0 Å². The number of hydrogen-bond donors (Lipinski definition) is 1. The smallest absolute Gasteiger partial charge is 0.263 e. The number of ketones is 1. The number of nitrogens with zero attached hydrogens (tertiary/aromatic N) is 1. The van der Waals surface area contributed by atoms with Crippen molar-refractivity contribution in [2.75, 3.05) is 12.4 Å². The molecule has 0 fully saturated rings. The predicted molar refractivity (Wildman–Crippen MR) is 107 cm³/mol. The summed E-state index contributed by atoms with van der Waals surface area (Å²) in [5.41, 5.74) is 1.24. The van der Waals surface area contributed by atoms with Gasteiger partial charge in [0, 0.05) is 11.8 Å². The van der Waals surface area contributed by atoms with E-state index in [1.54, 1.807) is 43.6 Å². The SMILES string of the molecule is COc1cccc(Cn2cccc(C(=O)Nc3ccccc3C(C)=O)c2=O)c1. The Balaban J connectivity index is 1.87. The molecule has 28 heavy (non-hydrogen) atoms. The highest BCUT2D eigenvalue weighted by Crippen LogP contribution is 2.16. The number of nitrogens with one attached hydrogen (secondary N) is 1. The lowest BCUT2D eigenvalue weighted by atomic mass is 10.1. The lowest BCUT2D eigenvalue weighted by Crippen LogP contribution is -2.29. The number of para-hydroxylation sites is 1. The topological polar surface area (TPSA) is 77.4 Å². The van der Waals surface area contributed by atoms with E-state index in [-0.39, 0.29) is 11.3 Å². The van der Waals surface area contributed by atoms with Crippen LogP contribution in [-0.4, -0.2) is 23.4 Å². The standard InChI is InChI=1S/C22H20N2O4/c1-15(25)18-9-3-4-11-20(18)23-21(26)19-10-6-12-24(22(19)27)14-16-7-5-8-17(13-16)28-2/h3-13H,14H2,1-2H3,(H,23,26). The average Bonchev–Trinajstić information content (AvgIpc) is 2.70. The molecule has 6 nitrogen and oxygen atoms in total. The molecule has 1 aromatic heterocycles. The summed E-state index contributed by atoms with van der Waals surface area (Å²) in [7, 11) is 1.58. The second-order valence-electron chi connectivity index (χ2n) is 6.26. The molecule has 0 radical (unpaired) electrons. The van der Waals surface area contributed by atoms with Gasteiger partial charge in [0.15, 0.2) is 5.78 Å². The minimum absolute atomic E-state index is 0.00347. The first-order chi connectivity index (χ1) is 13.5. The normalized spacial score (nSPS) is 10.4. The van der Waals surface area contributed by atoms with E-state index >= 15 is 0 Å². The van der Waals surface area contributed by atoms with E-state index in [2.05, 4.69) is 5.32 Å². The van der Waals surface area contributed by atoms with Crippen molar-refractivity contribution < 1.29 is 14.3 Å². The van der Waals surface area contributed by atoms with Gasteiger partial charge in [0.05, 0.1) is 19.3 Å². The van der Waals surface area contributed by atoms with Crippen LogP contribution in [0.1, 0.15) is 33.2 Å². The van der Waals surface area contributed by atoms with Crippen LogP contribution >= 0.6 is 0 Å². The molecule has 1 heterocycles. The molecule has 2 aromatic carbocycles. The number of ether oxygens (including phenoxy) is 1. The van der Waals surface area contributed by atoms with Crippen molar-refractivity contribution in [3.05, 3.63) is 93.9 Å². The minimum Gasteiger partial charge on any atom is -0.497 e. The number of anilines is 1. The number of hydrogen-bond acceptors (Lipinski definition) is 4. The van der Waals surface area contributed by atoms with E-state index in [1.807, 2.05) is 24.3 Å². The van der Waals surface area contributed by atoms with E-state index in [1.165, 1.54) is 17.6 Å². The third-order valence-corrected chi connectivity index (χ3v) is 4.31. The van der Waals surface area contributed by atoms with Gasteiger partial charge in [-0.05, 0) is 48.9 Å². The van der Waals surface area contributed by atoms with Crippen LogP contribution in [-0.2, 0) is 6.54 Å². The Morgan fingerprint density at radius 1 is 1.00 bits per heavy atom. The molecular weight excluding hydrogens is 356 g/mol. The van der Waals surface area contributed by atoms with E-state index in [9.17, 15) is 14.4 Å². The van der Waals surface area contributed by atoms with Crippen LogP contribution in [0.15, 0.2) is 71.7 Å². The molecular formula is C22H20N2O4. The van der Waals surface area contributed by atoms with Gasteiger partial charge < -0.3 is 14.6 Å². The molecule has 6 heteroatoms. The number of pyridine rings is 1. The Bertz CT molecular complexity index is 1090. The van der Waals surface area contributed by atoms with Crippen molar-refractivity contribution >= 4 is 17.4 Å². The van der Waals surface area contributed by atoms with Gasteiger partial charge in [-0.1, -0.05) is 24.3 Å². The van der Waals surface area contributed by atoms with Crippen molar-refractivity contribution in [1.82, 2.24) is 4.57 Å². The van der Waals surface area contributed by atoms with Gasteiger partial charge in [-0.15, -0.1) is 0 Å². The molecule has 0 atom stereocenters.